The summed E-state index contributed by atoms with van der Waals surface area (Å²) >= 11 is 1.35. The van der Waals surface area contributed by atoms with E-state index in [0.717, 1.165) is 32.0 Å². The Bertz CT molecular complexity index is 1390. The number of fused-ring (bicyclic) bond motifs is 3. The van der Waals surface area contributed by atoms with Crippen molar-refractivity contribution in [3.63, 3.8) is 0 Å². The van der Waals surface area contributed by atoms with Gasteiger partial charge in [-0.3, -0.25) is 9.78 Å². The average Bonchev–Trinajstić information content (AvgIpc) is 3.23. The number of carbonyl (C=O) groups is 2. The molecule has 44 heavy (non-hydrogen) atoms. The number of aryl methyl sites for hydroxylation is 1. The number of likely N-dealkylation sites (tertiary alicyclic amines) is 1. The highest BCUT2D eigenvalue weighted by molar-refractivity contribution is 8.00. The van der Waals surface area contributed by atoms with Crippen molar-refractivity contribution in [3.05, 3.63) is 59.2 Å². The number of carbonyl (C=O) groups excluding carboxylic acids is 1. The Kier molecular flexibility index (Phi) is 8.35. The molecule has 2 heterocycles. The van der Waals surface area contributed by atoms with E-state index in [4.69, 9.17) is 5.11 Å². The van der Waals surface area contributed by atoms with Gasteiger partial charge in [-0.15, -0.1) is 11.8 Å². The highest BCUT2D eigenvalue weighted by Crippen LogP contribution is 2.61. The lowest BCUT2D eigenvalue weighted by atomic mass is 9.48. The summed E-state index contributed by atoms with van der Waals surface area (Å²) in [6, 6.07) is 6.25. The van der Waals surface area contributed by atoms with Crippen LogP contribution in [0.4, 0.5) is 35.1 Å². The SMILES string of the molecule is CN1CCC2(Sc3ccc(F)cc3)c3ncc(C(F)(C(F)(F)F)C(F)(F)F)cc3CCC12.O=CC1CC2(C1)CC(C(=O)O)C2. The molecule has 3 aliphatic carbocycles. The van der Waals surface area contributed by atoms with Gasteiger partial charge in [0, 0.05) is 28.6 Å². The number of aliphatic carboxylic acids is 1. The molecule has 1 N–H and O–H groups in total. The Morgan fingerprint density at radius 1 is 1.05 bits per heavy atom. The first-order valence-electron chi connectivity index (χ1n) is 14.1. The standard InChI is InChI=1S/C21H18F8N2S.C9H12O3/c1-31-9-8-18(32-15-5-3-14(22)4-6-15)16(31)7-2-12-10-13(11-30-17(12)18)19(23,20(24,25)26)21(27,28)29;10-5-6-1-9(2-6)3-7(4-9)8(11)12/h3-6,10-11,16H,2,7-9H2,1H3;5-7H,1-4H2,(H,11,12). The first-order chi connectivity index (χ1) is 20.4. The van der Waals surface area contributed by atoms with E-state index in [2.05, 4.69) is 9.88 Å². The number of alkyl halides is 7. The Labute approximate surface area is 252 Å². The van der Waals surface area contributed by atoms with Gasteiger partial charge >= 0.3 is 24.0 Å². The summed E-state index contributed by atoms with van der Waals surface area (Å²) in [7, 11) is 1.89. The van der Waals surface area contributed by atoms with Crippen molar-refractivity contribution >= 4 is 24.0 Å². The van der Waals surface area contributed by atoms with Crippen LogP contribution >= 0.6 is 11.8 Å². The third-order valence-corrected chi connectivity index (χ3v) is 11.1. The molecule has 0 bridgehead atoms. The Morgan fingerprint density at radius 3 is 2.20 bits per heavy atom. The summed E-state index contributed by atoms with van der Waals surface area (Å²) < 4.78 is 106. The second-order valence-corrected chi connectivity index (χ2v) is 13.8. The second kappa shape index (κ2) is 11.3. The number of hydrogen-bond donors (Lipinski definition) is 1. The Balaban J connectivity index is 0.000000266. The van der Waals surface area contributed by atoms with Crippen LogP contribution in [-0.2, 0) is 26.4 Å². The maximum atomic E-state index is 14.6. The quantitative estimate of drug-likeness (QED) is 0.272. The van der Waals surface area contributed by atoms with Crippen molar-refractivity contribution in [1.29, 1.82) is 0 Å². The molecule has 1 aliphatic heterocycles. The van der Waals surface area contributed by atoms with Crippen LogP contribution in [0.2, 0.25) is 0 Å². The maximum absolute atomic E-state index is 14.6. The van der Waals surface area contributed by atoms with Crippen LogP contribution in [0.1, 0.15) is 55.3 Å². The lowest BCUT2D eigenvalue weighted by Gasteiger charge is -2.55. The van der Waals surface area contributed by atoms with Gasteiger partial charge in [0.1, 0.15) is 12.1 Å². The molecule has 5 nitrogen and oxygen atoms in total. The van der Waals surface area contributed by atoms with Gasteiger partial charge in [0.05, 0.1) is 16.4 Å². The van der Waals surface area contributed by atoms with Crippen molar-refractivity contribution in [1.82, 2.24) is 9.88 Å². The largest absolute Gasteiger partial charge is 0.481 e. The first kappa shape index (κ1) is 32.6. The van der Waals surface area contributed by atoms with Gasteiger partial charge in [0.15, 0.2) is 0 Å². The fraction of sp³-hybridized carbons (Fsp3) is 0.567. The first-order valence-corrected chi connectivity index (χ1v) is 14.9. The zero-order valence-corrected chi connectivity index (χ0v) is 24.3. The van der Waals surface area contributed by atoms with E-state index in [0.29, 0.717) is 42.2 Å². The van der Waals surface area contributed by atoms with E-state index in [-0.39, 0.29) is 35.3 Å². The maximum Gasteiger partial charge on any atom is 0.436 e. The number of aromatic nitrogens is 1. The molecule has 1 spiro atoms. The molecule has 2 unspecified atom stereocenters. The number of nitrogens with zero attached hydrogens (tertiary/aromatic N) is 2. The average molecular weight is 651 g/mol. The third-order valence-electron chi connectivity index (χ3n) is 9.54. The molecule has 6 rings (SSSR count). The molecule has 0 amide bonds. The summed E-state index contributed by atoms with van der Waals surface area (Å²) in [5.74, 6) is -1.01. The lowest BCUT2D eigenvalue weighted by molar-refractivity contribution is -0.348. The highest BCUT2D eigenvalue weighted by Gasteiger charge is 2.74. The summed E-state index contributed by atoms with van der Waals surface area (Å²) in [4.78, 5) is 27.6. The molecular formula is C30H30F8N2O3S. The van der Waals surface area contributed by atoms with E-state index < -0.39 is 40.1 Å². The number of halogens is 8. The van der Waals surface area contributed by atoms with Gasteiger partial charge in [-0.25, -0.2) is 8.78 Å². The van der Waals surface area contributed by atoms with Gasteiger partial charge in [0.2, 0.25) is 0 Å². The Morgan fingerprint density at radius 2 is 1.66 bits per heavy atom. The number of rotatable bonds is 5. The summed E-state index contributed by atoms with van der Waals surface area (Å²) in [6.45, 7) is 0.639. The van der Waals surface area contributed by atoms with Crippen molar-refractivity contribution in [2.24, 2.45) is 17.3 Å². The summed E-state index contributed by atoms with van der Waals surface area (Å²) in [5, 5.41) is 8.64. The number of thioether (sulfide) groups is 1. The van der Waals surface area contributed by atoms with Crippen LogP contribution in [0.15, 0.2) is 41.4 Å². The van der Waals surface area contributed by atoms with Crippen molar-refractivity contribution in [2.75, 3.05) is 13.6 Å². The van der Waals surface area contributed by atoms with Crippen LogP contribution < -0.4 is 0 Å². The van der Waals surface area contributed by atoms with E-state index >= 15 is 0 Å². The predicted octanol–water partition coefficient (Wildman–Crippen LogP) is 7.22. The van der Waals surface area contributed by atoms with Gasteiger partial charge in [-0.2, -0.15) is 26.3 Å². The van der Waals surface area contributed by atoms with Crippen LogP contribution in [0, 0.1) is 23.1 Å². The van der Waals surface area contributed by atoms with Gasteiger partial charge < -0.3 is 14.8 Å². The number of pyridine rings is 1. The second-order valence-electron chi connectivity index (χ2n) is 12.4. The summed E-state index contributed by atoms with van der Waals surface area (Å²) in [6.07, 6.45) is -6.40. The summed E-state index contributed by atoms with van der Waals surface area (Å²) in [5.41, 5.74) is -6.30. The molecule has 1 aromatic carbocycles. The minimum atomic E-state index is -6.19. The van der Waals surface area contributed by atoms with Crippen LogP contribution in [0.25, 0.3) is 0 Å². The minimum Gasteiger partial charge on any atom is -0.481 e. The molecule has 2 aromatic rings. The fourth-order valence-corrected chi connectivity index (χ4v) is 8.92. The molecule has 4 aliphatic rings. The van der Waals surface area contributed by atoms with Crippen molar-refractivity contribution in [3.8, 4) is 0 Å². The van der Waals surface area contributed by atoms with Crippen molar-refractivity contribution < 1.29 is 49.8 Å². The topological polar surface area (TPSA) is 70.5 Å². The van der Waals surface area contributed by atoms with Crippen LogP contribution in [0.3, 0.4) is 0 Å². The van der Waals surface area contributed by atoms with E-state index in [1.165, 1.54) is 23.9 Å². The highest BCUT2D eigenvalue weighted by atomic mass is 32.2. The van der Waals surface area contributed by atoms with Crippen LogP contribution in [0.5, 0.6) is 0 Å². The van der Waals surface area contributed by atoms with Gasteiger partial charge in [-0.1, -0.05) is 0 Å². The molecule has 1 saturated heterocycles. The van der Waals surface area contributed by atoms with Gasteiger partial charge in [0.25, 0.3) is 0 Å². The molecular weight excluding hydrogens is 620 g/mol. The fourth-order valence-electron chi connectivity index (χ4n) is 7.32. The molecule has 3 fully saturated rings. The Hall–Kier alpha value is -2.74. The molecule has 1 aromatic heterocycles. The molecule has 2 atom stereocenters. The number of aldehydes is 1. The number of hydrogen-bond acceptors (Lipinski definition) is 5. The zero-order chi connectivity index (χ0) is 32.3. The number of carboxylic acid groups (broad SMARTS) is 1. The van der Waals surface area contributed by atoms with E-state index in [9.17, 15) is 44.7 Å². The zero-order valence-electron chi connectivity index (χ0n) is 23.5. The van der Waals surface area contributed by atoms with Gasteiger partial charge in [-0.05, 0) is 99.8 Å². The van der Waals surface area contributed by atoms with Crippen LogP contribution in [-0.4, -0.2) is 59.2 Å². The molecule has 0 radical (unpaired) electrons. The number of benzene rings is 1. The third kappa shape index (κ3) is 5.50. The minimum absolute atomic E-state index is 0.0798. The van der Waals surface area contributed by atoms with E-state index in [1.807, 2.05) is 7.05 Å². The lowest BCUT2D eigenvalue weighted by Crippen LogP contribution is -2.51. The molecule has 2 saturated carbocycles. The monoisotopic (exact) mass is 650 g/mol. The van der Waals surface area contributed by atoms with E-state index in [1.54, 1.807) is 12.1 Å². The number of likely N-dealkylation sites (N-methyl/N-ethyl adjacent to an activating group) is 1. The predicted molar refractivity (Wildman–Crippen MR) is 144 cm³/mol. The molecule has 240 valence electrons. The number of carboxylic acids is 1. The smallest absolute Gasteiger partial charge is 0.436 e. The molecule has 14 heteroatoms. The van der Waals surface area contributed by atoms with Crippen molar-refractivity contribution in [2.45, 2.75) is 78.7 Å². The normalized spacial score (nSPS) is 29.9.